The van der Waals surface area contributed by atoms with Gasteiger partial charge < -0.3 is 20.6 Å². The minimum absolute atomic E-state index is 0.375. The summed E-state index contributed by atoms with van der Waals surface area (Å²) in [5, 5.41) is 9.83. The first-order valence-corrected chi connectivity index (χ1v) is 13.4. The molecule has 178 valence electrons. The topological polar surface area (TPSA) is 81.4 Å². The smallest absolute Gasteiger partial charge is 0.124 e. The van der Waals surface area contributed by atoms with Crippen LogP contribution in [0.2, 0.25) is 0 Å². The van der Waals surface area contributed by atoms with Crippen LogP contribution in [-0.4, -0.2) is 32.0 Å². The molecule has 2 aromatic heterocycles. The summed E-state index contributed by atoms with van der Waals surface area (Å²) in [4.78, 5) is 16.8. The van der Waals surface area contributed by atoms with Crippen molar-refractivity contribution in [2.24, 2.45) is 11.8 Å². The van der Waals surface area contributed by atoms with Crippen molar-refractivity contribution in [3.63, 3.8) is 0 Å². The van der Waals surface area contributed by atoms with Crippen LogP contribution >= 0.6 is 0 Å². The summed E-state index contributed by atoms with van der Waals surface area (Å²) >= 11 is 0. The van der Waals surface area contributed by atoms with Gasteiger partial charge in [0.1, 0.15) is 11.6 Å². The Balaban J connectivity index is 0.996. The molecule has 6 heteroatoms. The molecule has 2 aliphatic heterocycles. The third kappa shape index (κ3) is 3.04. The van der Waals surface area contributed by atoms with Crippen LogP contribution in [0.15, 0.2) is 60.8 Å². The van der Waals surface area contributed by atoms with Crippen molar-refractivity contribution in [3.8, 4) is 22.4 Å². The second-order valence-electron chi connectivity index (χ2n) is 11.4. The molecule has 6 atom stereocenters. The van der Waals surface area contributed by atoms with Gasteiger partial charge in [-0.3, -0.25) is 0 Å². The van der Waals surface area contributed by atoms with E-state index in [4.69, 9.17) is 4.98 Å². The minimum atomic E-state index is 0.375. The normalized spacial score (nSPS) is 30.1. The lowest BCUT2D eigenvalue weighted by Crippen LogP contribution is -2.18. The number of imidazole rings is 2. The highest BCUT2D eigenvalue weighted by Gasteiger charge is 2.47. The zero-order valence-electron chi connectivity index (χ0n) is 20.0. The van der Waals surface area contributed by atoms with Crippen LogP contribution in [0.3, 0.4) is 0 Å². The molecule has 4 aliphatic rings. The van der Waals surface area contributed by atoms with Gasteiger partial charge in [-0.05, 0) is 71.7 Å². The number of rotatable bonds is 4. The lowest BCUT2D eigenvalue weighted by atomic mass is 9.99. The number of nitrogens with one attached hydrogen (secondary N) is 4. The van der Waals surface area contributed by atoms with E-state index in [0.717, 1.165) is 52.3 Å². The molecule has 0 radical (unpaired) electrons. The maximum absolute atomic E-state index is 5.03. The van der Waals surface area contributed by atoms with E-state index in [2.05, 4.69) is 80.2 Å². The number of fused-ring (bicyclic) bond motifs is 5. The van der Waals surface area contributed by atoms with Gasteiger partial charge in [-0.25, -0.2) is 9.97 Å². The predicted octanol–water partition coefficient (Wildman–Crippen LogP) is 5.62. The molecule has 0 unspecified atom stereocenters. The molecule has 0 spiro atoms. The maximum Gasteiger partial charge on any atom is 0.124 e. The third-order valence-corrected chi connectivity index (χ3v) is 9.02. The van der Waals surface area contributed by atoms with Gasteiger partial charge in [-0.2, -0.15) is 0 Å². The molecular formula is C30H28N6. The van der Waals surface area contributed by atoms with Crippen LogP contribution < -0.4 is 10.6 Å². The molecule has 4 fully saturated rings. The summed E-state index contributed by atoms with van der Waals surface area (Å²) < 4.78 is 0. The Morgan fingerprint density at radius 3 is 2.14 bits per heavy atom. The zero-order valence-corrected chi connectivity index (χ0v) is 20.0. The summed E-state index contributed by atoms with van der Waals surface area (Å²) in [6.45, 7) is 0. The predicted molar refractivity (Wildman–Crippen MR) is 141 cm³/mol. The van der Waals surface area contributed by atoms with Gasteiger partial charge in [0, 0.05) is 17.5 Å². The molecule has 0 bridgehead atoms. The Morgan fingerprint density at radius 1 is 0.667 bits per heavy atom. The van der Waals surface area contributed by atoms with Crippen LogP contribution in [0.1, 0.15) is 49.4 Å². The Bertz CT molecular complexity index is 1630. The Labute approximate surface area is 208 Å². The fraction of sp³-hybridized carbons (Fsp3) is 0.333. The van der Waals surface area contributed by atoms with Crippen LogP contribution in [0.5, 0.6) is 0 Å². The summed E-state index contributed by atoms with van der Waals surface area (Å²) in [5.74, 6) is 3.89. The van der Waals surface area contributed by atoms with Gasteiger partial charge in [-0.15, -0.1) is 0 Å². The van der Waals surface area contributed by atoms with Crippen molar-refractivity contribution < 1.29 is 0 Å². The highest BCUT2D eigenvalue weighted by atomic mass is 15.1. The number of nitrogens with zero attached hydrogens (tertiary/aromatic N) is 2. The van der Waals surface area contributed by atoms with Gasteiger partial charge in [0.2, 0.25) is 0 Å². The molecule has 3 aromatic carbocycles. The standard InChI is InChI=1S/C30H28N6/c1-3-16(27-14-31-29(35-27)25-12-19-10-23(19)32-25)4-2-15(1)17-5-7-21-18(9-17)6-8-22-28(21)36-30(34-22)26-13-20-11-24(20)33-26/h1-9,14,19-20,23-26,32-33H,10-13H2,(H,31,35)(H,34,36)/t19-,20-,23-,24-,25+,26+/m1/s1. The number of aromatic nitrogens is 4. The highest BCUT2D eigenvalue weighted by Crippen LogP contribution is 2.46. The van der Waals surface area contributed by atoms with Crippen molar-refractivity contribution in [1.82, 2.24) is 30.6 Å². The van der Waals surface area contributed by atoms with E-state index in [1.807, 2.05) is 6.20 Å². The molecule has 2 saturated carbocycles. The molecule has 5 aromatic rings. The summed E-state index contributed by atoms with van der Waals surface area (Å²) in [7, 11) is 0. The van der Waals surface area contributed by atoms with E-state index >= 15 is 0 Å². The van der Waals surface area contributed by atoms with Crippen LogP contribution in [0.4, 0.5) is 0 Å². The fourth-order valence-corrected chi connectivity index (χ4v) is 6.73. The number of benzene rings is 3. The largest absolute Gasteiger partial charge is 0.341 e. The van der Waals surface area contributed by atoms with Crippen LogP contribution in [-0.2, 0) is 0 Å². The third-order valence-electron chi connectivity index (χ3n) is 9.02. The lowest BCUT2D eigenvalue weighted by Gasteiger charge is -2.09. The first kappa shape index (κ1) is 19.7. The molecule has 9 rings (SSSR count). The first-order chi connectivity index (χ1) is 17.7. The summed E-state index contributed by atoms with van der Waals surface area (Å²) in [5.41, 5.74) is 6.90. The van der Waals surface area contributed by atoms with Gasteiger partial charge >= 0.3 is 0 Å². The Kier molecular flexibility index (Phi) is 3.86. The van der Waals surface area contributed by atoms with Gasteiger partial charge in [0.05, 0.1) is 35.0 Å². The second-order valence-corrected chi connectivity index (χ2v) is 11.4. The fourth-order valence-electron chi connectivity index (χ4n) is 6.73. The minimum Gasteiger partial charge on any atom is -0.341 e. The van der Waals surface area contributed by atoms with E-state index in [9.17, 15) is 0 Å². The highest BCUT2D eigenvalue weighted by molar-refractivity contribution is 6.05. The van der Waals surface area contributed by atoms with E-state index < -0.39 is 0 Å². The molecule has 0 amide bonds. The molecule has 6 nitrogen and oxygen atoms in total. The van der Waals surface area contributed by atoms with E-state index in [0.29, 0.717) is 12.1 Å². The number of H-pyrrole nitrogens is 2. The first-order valence-electron chi connectivity index (χ1n) is 13.4. The number of hydrogen-bond acceptors (Lipinski definition) is 4. The number of aromatic amines is 2. The number of hydrogen-bond donors (Lipinski definition) is 4. The molecule has 4 N–H and O–H groups in total. The molecule has 4 heterocycles. The Hall–Kier alpha value is -3.48. The lowest BCUT2D eigenvalue weighted by molar-refractivity contribution is 0.543. The van der Waals surface area contributed by atoms with E-state index in [1.54, 1.807) is 0 Å². The monoisotopic (exact) mass is 472 g/mol. The summed E-state index contributed by atoms with van der Waals surface area (Å²) in [6, 6.07) is 22.1. The van der Waals surface area contributed by atoms with Crippen molar-refractivity contribution in [1.29, 1.82) is 0 Å². The van der Waals surface area contributed by atoms with E-state index in [1.165, 1.54) is 53.1 Å². The quantitative estimate of drug-likeness (QED) is 0.274. The van der Waals surface area contributed by atoms with Crippen molar-refractivity contribution in [2.75, 3.05) is 0 Å². The van der Waals surface area contributed by atoms with Crippen LogP contribution in [0.25, 0.3) is 44.2 Å². The summed E-state index contributed by atoms with van der Waals surface area (Å²) in [6.07, 6.45) is 7.07. The van der Waals surface area contributed by atoms with Crippen LogP contribution in [0, 0.1) is 11.8 Å². The second kappa shape index (κ2) is 7.05. The maximum atomic E-state index is 5.03. The number of piperidine rings is 2. The molecule has 2 aliphatic carbocycles. The SMILES string of the molecule is c1cc(-c2cnc([C@@H]3C[C@H]4C[C@H]4N3)[nH]2)ccc1-c1ccc2c(ccc3[nH]c([C@@H]4C[C@H]5C[C@H]5N4)nc32)c1. The zero-order chi connectivity index (χ0) is 23.4. The average molecular weight is 473 g/mol. The van der Waals surface area contributed by atoms with Gasteiger partial charge in [0.25, 0.3) is 0 Å². The Morgan fingerprint density at radius 2 is 1.39 bits per heavy atom. The van der Waals surface area contributed by atoms with Gasteiger partial charge in [0.15, 0.2) is 0 Å². The van der Waals surface area contributed by atoms with Crippen molar-refractivity contribution in [2.45, 2.75) is 49.9 Å². The average Bonchev–Trinajstić information content (AvgIpc) is 3.49. The van der Waals surface area contributed by atoms with Gasteiger partial charge in [-0.1, -0.05) is 42.5 Å². The van der Waals surface area contributed by atoms with Crippen molar-refractivity contribution in [3.05, 3.63) is 72.4 Å². The van der Waals surface area contributed by atoms with Crippen molar-refractivity contribution >= 4 is 21.8 Å². The molecule has 36 heavy (non-hydrogen) atoms. The molecular weight excluding hydrogens is 444 g/mol. The van der Waals surface area contributed by atoms with E-state index in [-0.39, 0.29) is 0 Å². The molecule has 2 saturated heterocycles.